The van der Waals surface area contributed by atoms with Gasteiger partial charge in [-0.3, -0.25) is 4.74 Å². The monoisotopic (exact) mass is 272 g/mol. The van der Waals surface area contributed by atoms with Crippen molar-refractivity contribution in [1.82, 2.24) is 4.57 Å². The maximum atomic E-state index is 12.0. The number of halogens is 3. The third kappa shape index (κ3) is 3.48. The minimum Gasteiger partial charge on any atom is -0.345 e. The first kappa shape index (κ1) is 13.9. The number of aromatic nitrogens is 1. The fourth-order valence-electron chi connectivity index (χ4n) is 2.14. The van der Waals surface area contributed by atoms with E-state index in [1.807, 2.05) is 24.3 Å². The van der Waals surface area contributed by atoms with Gasteiger partial charge in [0.15, 0.2) is 0 Å². The fraction of sp³-hybridized carbons (Fsp3) is 0.385. The second-order valence-corrected chi connectivity index (χ2v) is 4.20. The Morgan fingerprint density at radius 2 is 2.00 bits per heavy atom. The summed E-state index contributed by atoms with van der Waals surface area (Å²) in [5.74, 6) is 0. The van der Waals surface area contributed by atoms with Crippen molar-refractivity contribution in [3.05, 3.63) is 36.0 Å². The summed E-state index contributed by atoms with van der Waals surface area (Å²) in [6.07, 6.45) is -2.12. The van der Waals surface area contributed by atoms with Crippen LogP contribution in [0.15, 0.2) is 30.5 Å². The zero-order valence-electron chi connectivity index (χ0n) is 10.3. The van der Waals surface area contributed by atoms with Crippen molar-refractivity contribution in [2.24, 2.45) is 5.73 Å². The molecule has 2 N–H and O–H groups in total. The summed E-state index contributed by atoms with van der Waals surface area (Å²) < 4.78 is 41.4. The van der Waals surface area contributed by atoms with E-state index in [1.165, 1.54) is 0 Å². The van der Waals surface area contributed by atoms with Gasteiger partial charge in [0.25, 0.3) is 0 Å². The zero-order valence-corrected chi connectivity index (χ0v) is 10.3. The summed E-state index contributed by atoms with van der Waals surface area (Å²) in [4.78, 5) is 0. The molecule has 0 bridgehead atoms. The number of nitrogens with two attached hydrogens (primary N) is 1. The number of alkyl halides is 3. The van der Waals surface area contributed by atoms with E-state index in [1.54, 1.807) is 10.8 Å². The average Bonchev–Trinajstić information content (AvgIpc) is 2.73. The van der Waals surface area contributed by atoms with Crippen molar-refractivity contribution >= 4 is 10.9 Å². The zero-order chi connectivity index (χ0) is 13.9. The van der Waals surface area contributed by atoms with Crippen molar-refractivity contribution in [1.29, 1.82) is 0 Å². The van der Waals surface area contributed by atoms with Gasteiger partial charge >= 0.3 is 6.36 Å². The SMILES string of the molecule is NCCc1cccc2ccn(CCOC(F)(F)F)c12. The molecule has 6 heteroatoms. The van der Waals surface area contributed by atoms with E-state index in [2.05, 4.69) is 4.74 Å². The highest BCUT2D eigenvalue weighted by atomic mass is 19.4. The molecule has 2 aromatic rings. The fourth-order valence-corrected chi connectivity index (χ4v) is 2.14. The molecular weight excluding hydrogens is 257 g/mol. The van der Waals surface area contributed by atoms with Crippen molar-refractivity contribution in [2.45, 2.75) is 19.3 Å². The molecule has 104 valence electrons. The molecule has 0 amide bonds. The third-order valence-electron chi connectivity index (χ3n) is 2.88. The van der Waals surface area contributed by atoms with E-state index in [0.717, 1.165) is 16.5 Å². The van der Waals surface area contributed by atoms with Gasteiger partial charge in [0, 0.05) is 12.7 Å². The number of para-hydroxylation sites is 1. The molecule has 0 aliphatic carbocycles. The Bertz CT molecular complexity index is 548. The van der Waals surface area contributed by atoms with Crippen molar-refractivity contribution in [3.8, 4) is 0 Å². The first-order valence-electron chi connectivity index (χ1n) is 5.99. The van der Waals surface area contributed by atoms with E-state index >= 15 is 0 Å². The van der Waals surface area contributed by atoms with Gasteiger partial charge < -0.3 is 10.3 Å². The highest BCUT2D eigenvalue weighted by Crippen LogP contribution is 2.21. The van der Waals surface area contributed by atoms with Gasteiger partial charge in [0.05, 0.1) is 12.1 Å². The maximum absolute atomic E-state index is 12.0. The first-order chi connectivity index (χ1) is 9.01. The normalized spacial score (nSPS) is 12.2. The summed E-state index contributed by atoms with van der Waals surface area (Å²) in [7, 11) is 0. The Kier molecular flexibility index (Phi) is 4.11. The van der Waals surface area contributed by atoms with E-state index in [-0.39, 0.29) is 6.54 Å². The molecule has 0 radical (unpaired) electrons. The number of rotatable bonds is 5. The molecule has 0 fully saturated rings. The summed E-state index contributed by atoms with van der Waals surface area (Å²) in [6.45, 7) is 0.262. The summed E-state index contributed by atoms with van der Waals surface area (Å²) in [5.41, 5.74) is 7.51. The Balaban J connectivity index is 2.19. The molecule has 0 aliphatic rings. The van der Waals surface area contributed by atoms with Gasteiger partial charge in [0.1, 0.15) is 0 Å². The molecule has 0 unspecified atom stereocenters. The molecule has 3 nitrogen and oxygen atoms in total. The molecule has 19 heavy (non-hydrogen) atoms. The molecule has 0 aliphatic heterocycles. The molecular formula is C13H15F3N2O. The molecule has 1 heterocycles. The minimum atomic E-state index is -4.58. The highest BCUT2D eigenvalue weighted by Gasteiger charge is 2.28. The first-order valence-corrected chi connectivity index (χ1v) is 5.99. The number of hydrogen-bond donors (Lipinski definition) is 1. The lowest BCUT2D eigenvalue weighted by molar-refractivity contribution is -0.325. The van der Waals surface area contributed by atoms with Crippen molar-refractivity contribution in [2.75, 3.05) is 13.2 Å². The molecule has 2 rings (SSSR count). The van der Waals surface area contributed by atoms with Gasteiger partial charge in [0.2, 0.25) is 0 Å². The number of fused-ring (bicyclic) bond motifs is 1. The quantitative estimate of drug-likeness (QED) is 0.909. The Morgan fingerprint density at radius 3 is 2.68 bits per heavy atom. The number of ether oxygens (including phenoxy) is 1. The lowest BCUT2D eigenvalue weighted by Crippen LogP contribution is -2.17. The smallest absolute Gasteiger partial charge is 0.345 e. The van der Waals surface area contributed by atoms with Crippen LogP contribution in [0.5, 0.6) is 0 Å². The second-order valence-electron chi connectivity index (χ2n) is 4.20. The molecule has 0 saturated heterocycles. The van der Waals surface area contributed by atoms with Crippen LogP contribution in [-0.4, -0.2) is 24.1 Å². The van der Waals surface area contributed by atoms with Crippen LogP contribution in [0, 0.1) is 0 Å². The van der Waals surface area contributed by atoms with E-state index in [4.69, 9.17) is 5.73 Å². The van der Waals surface area contributed by atoms with Crippen LogP contribution in [0.2, 0.25) is 0 Å². The Hall–Kier alpha value is -1.53. The molecule has 1 aromatic heterocycles. The van der Waals surface area contributed by atoms with Gasteiger partial charge in [-0.15, -0.1) is 13.2 Å². The summed E-state index contributed by atoms with van der Waals surface area (Å²) in [5, 5.41) is 0.998. The van der Waals surface area contributed by atoms with Gasteiger partial charge in [-0.25, -0.2) is 0 Å². The maximum Gasteiger partial charge on any atom is 0.522 e. The largest absolute Gasteiger partial charge is 0.522 e. The van der Waals surface area contributed by atoms with Crippen molar-refractivity contribution in [3.63, 3.8) is 0 Å². The van der Waals surface area contributed by atoms with Crippen LogP contribution in [0.1, 0.15) is 5.56 Å². The van der Waals surface area contributed by atoms with Crippen LogP contribution in [0.3, 0.4) is 0 Å². The standard InChI is InChI=1S/C13H15F3N2O/c14-13(15,16)19-9-8-18-7-5-11-3-1-2-10(4-6-17)12(11)18/h1-3,5,7H,4,6,8-9,17H2. The Morgan fingerprint density at radius 1 is 1.21 bits per heavy atom. The summed E-state index contributed by atoms with van der Waals surface area (Å²) in [6, 6.07) is 7.67. The lowest BCUT2D eigenvalue weighted by Gasteiger charge is -2.11. The molecule has 1 aromatic carbocycles. The predicted molar refractivity (Wildman–Crippen MR) is 66.7 cm³/mol. The average molecular weight is 272 g/mol. The summed E-state index contributed by atoms with van der Waals surface area (Å²) >= 11 is 0. The van der Waals surface area contributed by atoms with Crippen LogP contribution in [0.25, 0.3) is 10.9 Å². The van der Waals surface area contributed by atoms with Crippen LogP contribution < -0.4 is 5.73 Å². The van der Waals surface area contributed by atoms with Crippen LogP contribution in [-0.2, 0) is 17.7 Å². The lowest BCUT2D eigenvalue weighted by atomic mass is 10.1. The number of nitrogens with zero attached hydrogens (tertiary/aromatic N) is 1. The second kappa shape index (κ2) is 5.63. The third-order valence-corrected chi connectivity index (χ3v) is 2.88. The topological polar surface area (TPSA) is 40.2 Å². The molecule has 0 saturated carbocycles. The van der Waals surface area contributed by atoms with Crippen LogP contribution in [0.4, 0.5) is 13.2 Å². The van der Waals surface area contributed by atoms with Gasteiger partial charge in [-0.1, -0.05) is 18.2 Å². The van der Waals surface area contributed by atoms with E-state index in [0.29, 0.717) is 13.0 Å². The molecule has 0 atom stereocenters. The van der Waals surface area contributed by atoms with Gasteiger partial charge in [-0.05, 0) is 30.0 Å². The van der Waals surface area contributed by atoms with Crippen LogP contribution >= 0.6 is 0 Å². The Labute approximate surface area is 108 Å². The van der Waals surface area contributed by atoms with Crippen molar-refractivity contribution < 1.29 is 17.9 Å². The number of benzene rings is 1. The highest BCUT2D eigenvalue weighted by molar-refractivity contribution is 5.83. The predicted octanol–water partition coefficient (Wildman–Crippen LogP) is 2.68. The van der Waals surface area contributed by atoms with E-state index in [9.17, 15) is 13.2 Å². The number of hydrogen-bond acceptors (Lipinski definition) is 2. The van der Waals surface area contributed by atoms with E-state index < -0.39 is 13.0 Å². The molecule has 0 spiro atoms. The van der Waals surface area contributed by atoms with Gasteiger partial charge in [-0.2, -0.15) is 0 Å². The minimum absolute atomic E-state index is 0.157.